The van der Waals surface area contributed by atoms with E-state index in [0.29, 0.717) is 27.8 Å². The maximum absolute atomic E-state index is 13.6. The van der Waals surface area contributed by atoms with E-state index in [0.717, 1.165) is 5.56 Å². The molecule has 6 heteroatoms. The first-order valence-corrected chi connectivity index (χ1v) is 11.6. The molecule has 1 heterocycles. The van der Waals surface area contributed by atoms with Crippen molar-refractivity contribution in [1.29, 1.82) is 5.41 Å². The van der Waals surface area contributed by atoms with Gasteiger partial charge in [0.25, 0.3) is 5.91 Å². The predicted octanol–water partition coefficient (Wildman–Crippen LogP) is 5.99. The molecular weight excluding hydrogens is 438 g/mol. The molecular formula is C29H31N3O3. The van der Waals surface area contributed by atoms with Gasteiger partial charge >= 0.3 is 0 Å². The lowest BCUT2D eigenvalue weighted by Crippen LogP contribution is -2.40. The van der Waals surface area contributed by atoms with Crippen LogP contribution in [-0.2, 0) is 0 Å². The second-order valence-electron chi connectivity index (χ2n) is 10.8. The van der Waals surface area contributed by atoms with Crippen molar-refractivity contribution in [3.8, 4) is 11.1 Å². The Morgan fingerprint density at radius 2 is 1.34 bits per heavy atom. The van der Waals surface area contributed by atoms with Crippen LogP contribution in [0.5, 0.6) is 0 Å². The minimum Gasteiger partial charge on any atom is -0.437 e. The van der Waals surface area contributed by atoms with Gasteiger partial charge in [0, 0.05) is 16.6 Å². The number of benzene rings is 1. The van der Waals surface area contributed by atoms with Gasteiger partial charge < -0.3 is 15.1 Å². The van der Waals surface area contributed by atoms with Crippen LogP contribution in [0.1, 0.15) is 67.8 Å². The first kappa shape index (κ1) is 24.2. The molecule has 6 nitrogen and oxygen atoms in total. The van der Waals surface area contributed by atoms with Crippen molar-refractivity contribution in [2.75, 3.05) is 5.32 Å². The van der Waals surface area contributed by atoms with Gasteiger partial charge in [0.05, 0.1) is 16.6 Å². The van der Waals surface area contributed by atoms with E-state index in [2.05, 4.69) is 10.6 Å². The molecule has 0 fully saturated rings. The van der Waals surface area contributed by atoms with Crippen LogP contribution in [0.3, 0.4) is 0 Å². The second-order valence-corrected chi connectivity index (χ2v) is 10.8. The van der Waals surface area contributed by atoms with Gasteiger partial charge in [-0.3, -0.25) is 15.0 Å². The van der Waals surface area contributed by atoms with Gasteiger partial charge in [-0.05, 0) is 52.7 Å². The SMILES string of the molecule is CC(C)(C)NC(=O)c1c2cccccc-2c2c(NC(C)(C)C)c(C(=O)c3ccccc3)c(=N)oc12. The molecule has 0 saturated heterocycles. The summed E-state index contributed by atoms with van der Waals surface area (Å²) in [6, 6.07) is 18.3. The fourth-order valence-corrected chi connectivity index (χ4v) is 4.17. The molecule has 180 valence electrons. The van der Waals surface area contributed by atoms with Crippen molar-refractivity contribution in [1.82, 2.24) is 5.32 Å². The normalized spacial score (nSPS) is 12.1. The monoisotopic (exact) mass is 469 g/mol. The smallest absolute Gasteiger partial charge is 0.256 e. The molecule has 0 bridgehead atoms. The first-order chi connectivity index (χ1) is 16.4. The van der Waals surface area contributed by atoms with Crippen LogP contribution >= 0.6 is 0 Å². The van der Waals surface area contributed by atoms with Gasteiger partial charge in [-0.15, -0.1) is 0 Å². The summed E-state index contributed by atoms with van der Waals surface area (Å²) < 4.78 is 6.02. The van der Waals surface area contributed by atoms with Crippen LogP contribution in [0.25, 0.3) is 22.1 Å². The fourth-order valence-electron chi connectivity index (χ4n) is 4.17. The topological polar surface area (TPSA) is 95.2 Å². The molecule has 4 rings (SSSR count). The lowest BCUT2D eigenvalue weighted by Gasteiger charge is -2.25. The largest absolute Gasteiger partial charge is 0.437 e. The highest BCUT2D eigenvalue weighted by atomic mass is 16.3. The molecule has 2 aliphatic carbocycles. The van der Waals surface area contributed by atoms with E-state index >= 15 is 0 Å². The van der Waals surface area contributed by atoms with Gasteiger partial charge in [-0.1, -0.05) is 60.7 Å². The number of ketones is 1. The van der Waals surface area contributed by atoms with E-state index < -0.39 is 11.1 Å². The highest BCUT2D eigenvalue weighted by Crippen LogP contribution is 2.43. The molecule has 0 unspecified atom stereocenters. The van der Waals surface area contributed by atoms with Crippen LogP contribution in [0, 0.1) is 5.41 Å². The minimum atomic E-state index is -0.469. The molecule has 0 saturated carbocycles. The molecule has 0 radical (unpaired) electrons. The number of rotatable bonds is 4. The Morgan fingerprint density at radius 3 is 1.91 bits per heavy atom. The Balaban J connectivity index is 2.14. The van der Waals surface area contributed by atoms with Crippen LogP contribution in [0.4, 0.5) is 5.69 Å². The average Bonchev–Trinajstić information content (AvgIpc) is 2.87. The van der Waals surface area contributed by atoms with E-state index in [4.69, 9.17) is 9.83 Å². The third-order valence-corrected chi connectivity index (χ3v) is 5.44. The highest BCUT2D eigenvalue weighted by Gasteiger charge is 2.32. The van der Waals surface area contributed by atoms with Gasteiger partial charge in [0.15, 0.2) is 5.58 Å². The Labute approximate surface area is 205 Å². The Hall–Kier alpha value is -3.93. The van der Waals surface area contributed by atoms with Gasteiger partial charge in [-0.25, -0.2) is 0 Å². The maximum atomic E-state index is 13.6. The van der Waals surface area contributed by atoms with Crippen LogP contribution in [0.2, 0.25) is 0 Å². The summed E-state index contributed by atoms with van der Waals surface area (Å²) in [5.41, 5.74) is 1.99. The molecule has 0 aliphatic heterocycles. The highest BCUT2D eigenvalue weighted by molar-refractivity contribution is 6.24. The summed E-state index contributed by atoms with van der Waals surface area (Å²) >= 11 is 0. The average molecular weight is 470 g/mol. The van der Waals surface area contributed by atoms with Crippen molar-refractivity contribution in [3.05, 3.63) is 82.9 Å². The zero-order valence-electron chi connectivity index (χ0n) is 21.0. The van der Waals surface area contributed by atoms with Gasteiger partial charge in [-0.2, -0.15) is 0 Å². The standard InChI is InChI=1S/C29H31N3O3/c1-28(2,3)31-23-20-18-15-11-8-12-16-19(18)21(27(34)32-29(4,5)6)25(20)35-26(30)22(23)24(33)17-13-9-7-10-14-17/h7-16,30-31H,1-6H3,(H,32,34). The Bertz CT molecular complexity index is 1460. The molecule has 1 aromatic carbocycles. The van der Waals surface area contributed by atoms with Crippen molar-refractivity contribution >= 4 is 28.3 Å². The van der Waals surface area contributed by atoms with E-state index in [1.165, 1.54) is 0 Å². The molecule has 2 aliphatic rings. The minimum absolute atomic E-state index is 0.139. The summed E-state index contributed by atoms with van der Waals surface area (Å²) in [6.07, 6.45) is 0. The molecule has 0 spiro atoms. The number of nitrogens with one attached hydrogen (secondary N) is 3. The number of fused-ring (bicyclic) bond motifs is 3. The number of amides is 1. The van der Waals surface area contributed by atoms with Gasteiger partial charge in [0.2, 0.25) is 11.3 Å². The molecule has 0 atom stereocenters. The quantitative estimate of drug-likeness (QED) is 0.320. The number of anilines is 1. The third-order valence-electron chi connectivity index (χ3n) is 5.44. The van der Waals surface area contributed by atoms with Crippen molar-refractivity contribution in [2.45, 2.75) is 52.6 Å². The molecule has 3 N–H and O–H groups in total. The van der Waals surface area contributed by atoms with E-state index in [9.17, 15) is 9.59 Å². The molecule has 2 aromatic rings. The number of hydrogen-bond donors (Lipinski definition) is 3. The maximum Gasteiger partial charge on any atom is 0.256 e. The molecule has 1 aromatic heterocycles. The van der Waals surface area contributed by atoms with Crippen LogP contribution in [0.15, 0.2) is 65.1 Å². The Morgan fingerprint density at radius 1 is 0.771 bits per heavy atom. The van der Waals surface area contributed by atoms with E-state index in [1.807, 2.05) is 77.9 Å². The van der Waals surface area contributed by atoms with Gasteiger partial charge in [0.1, 0.15) is 5.56 Å². The lowest BCUT2D eigenvalue weighted by atomic mass is 9.98. The van der Waals surface area contributed by atoms with Crippen LogP contribution in [-0.4, -0.2) is 22.8 Å². The van der Waals surface area contributed by atoms with Crippen LogP contribution < -0.4 is 16.2 Å². The zero-order valence-corrected chi connectivity index (χ0v) is 21.0. The van der Waals surface area contributed by atoms with Crippen molar-refractivity contribution in [2.24, 2.45) is 0 Å². The summed E-state index contributed by atoms with van der Waals surface area (Å²) in [7, 11) is 0. The molecule has 35 heavy (non-hydrogen) atoms. The fraction of sp³-hybridized carbons (Fsp3) is 0.276. The zero-order chi connectivity index (χ0) is 25.5. The number of carbonyl (C=O) groups is 2. The van der Waals surface area contributed by atoms with E-state index in [1.54, 1.807) is 24.3 Å². The summed E-state index contributed by atoms with van der Waals surface area (Å²) in [6.45, 7) is 11.7. The lowest BCUT2D eigenvalue weighted by molar-refractivity contribution is 0.0920. The van der Waals surface area contributed by atoms with Crippen molar-refractivity contribution in [3.63, 3.8) is 0 Å². The summed E-state index contributed by atoms with van der Waals surface area (Å²) in [4.78, 5) is 27.1. The summed E-state index contributed by atoms with van der Waals surface area (Å²) in [5, 5.41) is 15.8. The van der Waals surface area contributed by atoms with Crippen molar-refractivity contribution < 1.29 is 14.0 Å². The number of carbonyl (C=O) groups excluding carboxylic acids is 2. The first-order valence-electron chi connectivity index (χ1n) is 11.6. The number of hydrogen-bond acceptors (Lipinski definition) is 5. The summed E-state index contributed by atoms with van der Waals surface area (Å²) in [5.74, 6) is -0.612. The predicted molar refractivity (Wildman–Crippen MR) is 139 cm³/mol. The van der Waals surface area contributed by atoms with E-state index in [-0.39, 0.29) is 28.4 Å². The Kier molecular flexibility index (Phi) is 6.01. The second kappa shape index (κ2) is 8.69. The third kappa shape index (κ3) is 4.83. The molecule has 1 amide bonds.